The van der Waals surface area contributed by atoms with Crippen molar-refractivity contribution in [1.29, 1.82) is 0 Å². The minimum Gasteiger partial charge on any atom is -0.383 e. The number of aliphatic hydroxyl groups excluding tert-OH is 1. The van der Waals surface area contributed by atoms with Gasteiger partial charge in [-0.25, -0.2) is 0 Å². The summed E-state index contributed by atoms with van der Waals surface area (Å²) in [6, 6.07) is 0. The van der Waals surface area contributed by atoms with Crippen LogP contribution in [0.4, 0.5) is 0 Å². The molecule has 0 saturated heterocycles. The Morgan fingerprint density at radius 1 is 1.50 bits per heavy atom. The maximum absolute atomic E-state index is 9.87. The van der Waals surface area contributed by atoms with Crippen LogP contribution < -0.4 is 5.73 Å². The number of hydrogen-bond acceptors (Lipinski definition) is 6. The number of aliphatic hydroxyl groups is 1. The van der Waals surface area contributed by atoms with E-state index in [-0.39, 0.29) is 5.89 Å². The molecule has 3 N–H and O–H groups in total. The van der Waals surface area contributed by atoms with Crippen LogP contribution in [-0.2, 0) is 10.3 Å². The first-order chi connectivity index (χ1) is 9.61. The van der Waals surface area contributed by atoms with E-state index < -0.39 is 11.7 Å². The molecule has 114 valence electrons. The van der Waals surface area contributed by atoms with Gasteiger partial charge in [0.2, 0.25) is 5.82 Å². The van der Waals surface area contributed by atoms with Crippen molar-refractivity contribution < 1.29 is 14.4 Å². The molecule has 6 nitrogen and oxygen atoms in total. The Balaban J connectivity index is 2.17. The molecule has 0 amide bonds. The molecule has 0 aliphatic heterocycles. The average molecular weight is 283 g/mol. The lowest BCUT2D eigenvalue weighted by Gasteiger charge is -2.36. The van der Waals surface area contributed by atoms with Crippen molar-refractivity contribution in [3.63, 3.8) is 0 Å². The number of rotatable bonds is 6. The molecule has 2 rings (SSSR count). The standard InChI is InChI=1S/C14H25N3O3/c1-3-19-14(7-4-10(2)5-8-14)13-16-12(20-17-13)11(18)6-9-15/h10-11,18H,3-9,15H2,1-2H3/t10?,11-,14?/m0/s1. The zero-order valence-electron chi connectivity index (χ0n) is 12.3. The molecule has 6 heteroatoms. The van der Waals surface area contributed by atoms with Crippen molar-refractivity contribution in [1.82, 2.24) is 10.1 Å². The molecule has 1 fully saturated rings. The van der Waals surface area contributed by atoms with Crippen LogP contribution in [0, 0.1) is 5.92 Å². The molecule has 0 spiro atoms. The van der Waals surface area contributed by atoms with E-state index in [1.807, 2.05) is 6.92 Å². The highest BCUT2D eigenvalue weighted by Crippen LogP contribution is 2.41. The summed E-state index contributed by atoms with van der Waals surface area (Å²) >= 11 is 0. The van der Waals surface area contributed by atoms with Crippen LogP contribution in [0.1, 0.15) is 63.8 Å². The molecule has 1 saturated carbocycles. The Morgan fingerprint density at radius 3 is 2.80 bits per heavy atom. The highest BCUT2D eigenvalue weighted by Gasteiger charge is 2.41. The first kappa shape index (κ1) is 15.4. The van der Waals surface area contributed by atoms with Crippen molar-refractivity contribution in [2.45, 2.75) is 57.7 Å². The smallest absolute Gasteiger partial charge is 0.255 e. The van der Waals surface area contributed by atoms with Gasteiger partial charge in [-0.2, -0.15) is 4.98 Å². The highest BCUT2D eigenvalue weighted by molar-refractivity contribution is 5.05. The summed E-state index contributed by atoms with van der Waals surface area (Å²) in [5.41, 5.74) is 4.98. The summed E-state index contributed by atoms with van der Waals surface area (Å²) in [6.45, 7) is 5.23. The number of ether oxygens (including phenoxy) is 1. The lowest BCUT2D eigenvalue weighted by molar-refractivity contribution is -0.0847. The number of aromatic nitrogens is 2. The first-order valence-corrected chi connectivity index (χ1v) is 7.47. The van der Waals surface area contributed by atoms with Gasteiger partial charge in [-0.05, 0) is 51.5 Å². The fourth-order valence-corrected chi connectivity index (χ4v) is 2.77. The third-order valence-corrected chi connectivity index (χ3v) is 4.08. The minimum atomic E-state index is -0.789. The molecule has 1 aliphatic rings. The van der Waals surface area contributed by atoms with Crippen molar-refractivity contribution in [2.24, 2.45) is 11.7 Å². The van der Waals surface area contributed by atoms with Gasteiger partial charge in [-0.3, -0.25) is 0 Å². The first-order valence-electron chi connectivity index (χ1n) is 7.47. The van der Waals surface area contributed by atoms with Crippen LogP contribution in [0.25, 0.3) is 0 Å². The molecule has 20 heavy (non-hydrogen) atoms. The molecule has 1 aromatic rings. The van der Waals surface area contributed by atoms with Crippen molar-refractivity contribution in [3.8, 4) is 0 Å². The monoisotopic (exact) mass is 283 g/mol. The second-order valence-corrected chi connectivity index (χ2v) is 5.66. The Morgan fingerprint density at radius 2 is 2.20 bits per heavy atom. The van der Waals surface area contributed by atoms with Gasteiger partial charge in [0.1, 0.15) is 11.7 Å². The van der Waals surface area contributed by atoms with E-state index in [0.717, 1.165) is 25.7 Å². The number of nitrogens with two attached hydrogens (primary N) is 1. The Labute approximate surface area is 119 Å². The molecule has 0 aromatic carbocycles. The zero-order chi connectivity index (χ0) is 14.6. The molecule has 1 aliphatic carbocycles. The maximum Gasteiger partial charge on any atom is 0.255 e. The normalized spacial score (nSPS) is 28.5. The van der Waals surface area contributed by atoms with E-state index in [0.29, 0.717) is 31.3 Å². The Kier molecular flexibility index (Phi) is 5.12. The zero-order valence-corrected chi connectivity index (χ0v) is 12.3. The van der Waals surface area contributed by atoms with Crippen molar-refractivity contribution in [3.05, 3.63) is 11.7 Å². The summed E-state index contributed by atoms with van der Waals surface area (Å²) in [7, 11) is 0. The molecule has 0 radical (unpaired) electrons. The predicted octanol–water partition coefficient (Wildman–Crippen LogP) is 1.89. The molecular weight excluding hydrogens is 258 g/mol. The number of nitrogens with zero attached hydrogens (tertiary/aromatic N) is 2. The summed E-state index contributed by atoms with van der Waals surface area (Å²) in [5.74, 6) is 1.51. The molecule has 0 unspecified atom stereocenters. The lowest BCUT2D eigenvalue weighted by Crippen LogP contribution is -2.35. The quantitative estimate of drug-likeness (QED) is 0.828. The predicted molar refractivity (Wildman–Crippen MR) is 73.9 cm³/mol. The Hall–Kier alpha value is -0.980. The molecule has 1 heterocycles. The highest BCUT2D eigenvalue weighted by atomic mass is 16.5. The van der Waals surface area contributed by atoms with Crippen LogP contribution in [0.2, 0.25) is 0 Å². The van der Waals surface area contributed by atoms with E-state index in [9.17, 15) is 5.11 Å². The van der Waals surface area contributed by atoms with Crippen LogP contribution >= 0.6 is 0 Å². The molecule has 0 bridgehead atoms. The van der Waals surface area contributed by atoms with E-state index in [1.54, 1.807) is 0 Å². The third kappa shape index (κ3) is 3.19. The maximum atomic E-state index is 9.87. The minimum absolute atomic E-state index is 0.239. The van der Waals surface area contributed by atoms with E-state index in [1.165, 1.54) is 0 Å². The van der Waals surface area contributed by atoms with E-state index in [2.05, 4.69) is 17.1 Å². The van der Waals surface area contributed by atoms with Crippen molar-refractivity contribution in [2.75, 3.05) is 13.2 Å². The van der Waals surface area contributed by atoms with Crippen LogP contribution in [0.3, 0.4) is 0 Å². The van der Waals surface area contributed by atoms with Gasteiger partial charge in [0, 0.05) is 6.61 Å². The van der Waals surface area contributed by atoms with Crippen molar-refractivity contribution >= 4 is 0 Å². The topological polar surface area (TPSA) is 94.4 Å². The van der Waals surface area contributed by atoms with Gasteiger partial charge in [0.05, 0.1) is 0 Å². The largest absolute Gasteiger partial charge is 0.383 e. The van der Waals surface area contributed by atoms with Gasteiger partial charge < -0.3 is 20.1 Å². The van der Waals surface area contributed by atoms with Gasteiger partial charge in [-0.1, -0.05) is 12.1 Å². The fraction of sp³-hybridized carbons (Fsp3) is 0.857. The third-order valence-electron chi connectivity index (χ3n) is 4.08. The SMILES string of the molecule is CCOC1(c2noc([C@@H](O)CCN)n2)CCC(C)CC1. The van der Waals surface area contributed by atoms with Crippen LogP contribution in [-0.4, -0.2) is 28.4 Å². The fourth-order valence-electron chi connectivity index (χ4n) is 2.77. The summed E-state index contributed by atoms with van der Waals surface area (Å²) in [6.07, 6.45) is 3.61. The molecule has 1 aromatic heterocycles. The average Bonchev–Trinajstić information content (AvgIpc) is 2.92. The van der Waals surface area contributed by atoms with Gasteiger partial charge >= 0.3 is 0 Å². The van der Waals surface area contributed by atoms with Gasteiger partial charge in [0.25, 0.3) is 5.89 Å². The second-order valence-electron chi connectivity index (χ2n) is 5.66. The van der Waals surface area contributed by atoms with E-state index in [4.69, 9.17) is 15.0 Å². The summed E-state index contributed by atoms with van der Waals surface area (Å²) in [5, 5.41) is 13.9. The summed E-state index contributed by atoms with van der Waals surface area (Å²) < 4.78 is 11.2. The lowest BCUT2D eigenvalue weighted by atomic mass is 9.79. The van der Waals surface area contributed by atoms with Gasteiger partial charge in [0.15, 0.2) is 0 Å². The molecular formula is C14H25N3O3. The Bertz CT molecular complexity index is 414. The van der Waals surface area contributed by atoms with E-state index >= 15 is 0 Å². The van der Waals surface area contributed by atoms with Gasteiger partial charge in [-0.15, -0.1) is 0 Å². The summed E-state index contributed by atoms with van der Waals surface area (Å²) in [4.78, 5) is 4.36. The van der Waals surface area contributed by atoms with Crippen LogP contribution in [0.15, 0.2) is 4.52 Å². The number of hydrogen-bond donors (Lipinski definition) is 2. The molecule has 1 atom stereocenters. The van der Waals surface area contributed by atoms with Crippen LogP contribution in [0.5, 0.6) is 0 Å². The second kappa shape index (κ2) is 6.65.